The molecule has 4 nitrogen and oxygen atoms in total. The van der Waals surface area contributed by atoms with Crippen LogP contribution in [0.5, 0.6) is 5.75 Å². The van der Waals surface area contributed by atoms with Crippen LogP contribution in [-0.4, -0.2) is 17.6 Å². The molecule has 124 valence electrons. The molecule has 0 aliphatic heterocycles. The van der Waals surface area contributed by atoms with E-state index in [2.05, 4.69) is 4.98 Å². The fourth-order valence-corrected chi connectivity index (χ4v) is 3.12. The summed E-state index contributed by atoms with van der Waals surface area (Å²) in [5.74, 6) is 0.263. The van der Waals surface area contributed by atoms with Crippen LogP contribution < -0.4 is 4.74 Å². The van der Waals surface area contributed by atoms with Gasteiger partial charge in [0, 0.05) is 6.42 Å². The SMILES string of the molecule is Cc1nc(C)c(COC(=O)CCCOc2cccc(Cl)c2Cl)s1. The molecule has 1 aromatic heterocycles. The lowest BCUT2D eigenvalue weighted by Gasteiger charge is -2.08. The number of hydrogen-bond acceptors (Lipinski definition) is 5. The standard InChI is InChI=1S/C16H17Cl2NO3S/c1-10-14(23-11(2)19-10)9-22-15(20)7-4-8-21-13-6-3-5-12(17)16(13)18/h3,5-6H,4,7-9H2,1-2H3. The second-order valence-corrected chi connectivity index (χ2v) is 6.98. The van der Waals surface area contributed by atoms with E-state index >= 15 is 0 Å². The van der Waals surface area contributed by atoms with Gasteiger partial charge in [0.2, 0.25) is 0 Å². The van der Waals surface area contributed by atoms with E-state index in [-0.39, 0.29) is 19.0 Å². The molecule has 2 rings (SSSR count). The number of hydrogen-bond donors (Lipinski definition) is 0. The quantitative estimate of drug-likeness (QED) is 0.507. The molecule has 0 atom stereocenters. The Morgan fingerprint density at radius 2 is 2.09 bits per heavy atom. The second kappa shape index (κ2) is 8.52. The van der Waals surface area contributed by atoms with Crippen LogP contribution in [0.3, 0.4) is 0 Å². The van der Waals surface area contributed by atoms with Gasteiger partial charge in [-0.15, -0.1) is 11.3 Å². The van der Waals surface area contributed by atoms with Gasteiger partial charge in [-0.05, 0) is 32.4 Å². The van der Waals surface area contributed by atoms with Gasteiger partial charge in [-0.2, -0.15) is 0 Å². The van der Waals surface area contributed by atoms with Crippen molar-refractivity contribution in [1.82, 2.24) is 4.98 Å². The molecule has 0 radical (unpaired) electrons. The maximum atomic E-state index is 11.7. The predicted molar refractivity (Wildman–Crippen MR) is 92.6 cm³/mol. The number of nitrogens with zero attached hydrogens (tertiary/aromatic N) is 1. The van der Waals surface area contributed by atoms with Crippen LogP contribution in [0.25, 0.3) is 0 Å². The zero-order valence-corrected chi connectivity index (χ0v) is 15.2. The Hall–Kier alpha value is -1.30. The molecule has 0 spiro atoms. The molecule has 0 saturated heterocycles. The van der Waals surface area contributed by atoms with Crippen LogP contribution in [0, 0.1) is 13.8 Å². The summed E-state index contributed by atoms with van der Waals surface area (Å²) in [7, 11) is 0. The first kappa shape index (κ1) is 18.0. The zero-order chi connectivity index (χ0) is 16.8. The van der Waals surface area contributed by atoms with Crippen molar-refractivity contribution >= 4 is 40.5 Å². The Bertz CT molecular complexity index is 688. The summed E-state index contributed by atoms with van der Waals surface area (Å²) in [6.45, 7) is 4.49. The summed E-state index contributed by atoms with van der Waals surface area (Å²) >= 11 is 13.5. The Labute approximate surface area is 149 Å². The van der Waals surface area contributed by atoms with E-state index < -0.39 is 0 Å². The van der Waals surface area contributed by atoms with E-state index in [4.69, 9.17) is 32.7 Å². The minimum Gasteiger partial charge on any atom is -0.492 e. The highest BCUT2D eigenvalue weighted by molar-refractivity contribution is 7.11. The van der Waals surface area contributed by atoms with Crippen LogP contribution in [0.4, 0.5) is 0 Å². The largest absolute Gasteiger partial charge is 0.492 e. The second-order valence-electron chi connectivity index (χ2n) is 4.91. The maximum Gasteiger partial charge on any atom is 0.306 e. The lowest BCUT2D eigenvalue weighted by molar-refractivity contribution is -0.145. The number of ether oxygens (including phenoxy) is 2. The first-order valence-corrected chi connectivity index (χ1v) is 8.70. The molecule has 0 aliphatic carbocycles. The summed E-state index contributed by atoms with van der Waals surface area (Å²) in [5, 5.41) is 1.80. The average Bonchev–Trinajstić information content (AvgIpc) is 2.83. The summed E-state index contributed by atoms with van der Waals surface area (Å²) in [5.41, 5.74) is 0.916. The monoisotopic (exact) mass is 373 g/mol. The summed E-state index contributed by atoms with van der Waals surface area (Å²) in [6.07, 6.45) is 0.831. The number of carbonyl (C=O) groups excluding carboxylic acids is 1. The van der Waals surface area contributed by atoms with E-state index in [1.165, 1.54) is 0 Å². The molecule has 0 fully saturated rings. The van der Waals surface area contributed by atoms with Crippen molar-refractivity contribution in [2.24, 2.45) is 0 Å². The lowest BCUT2D eigenvalue weighted by Crippen LogP contribution is -2.07. The summed E-state index contributed by atoms with van der Waals surface area (Å²) < 4.78 is 10.8. The molecule has 0 amide bonds. The van der Waals surface area contributed by atoms with Gasteiger partial charge in [0.15, 0.2) is 0 Å². The minimum absolute atomic E-state index is 0.253. The number of halogens is 2. The Kier molecular flexibility index (Phi) is 6.69. The maximum absolute atomic E-state index is 11.7. The van der Waals surface area contributed by atoms with Gasteiger partial charge in [0.25, 0.3) is 0 Å². The summed E-state index contributed by atoms with van der Waals surface area (Å²) in [6, 6.07) is 5.19. The van der Waals surface area contributed by atoms with Crippen LogP contribution in [-0.2, 0) is 16.1 Å². The topological polar surface area (TPSA) is 48.4 Å². The molecule has 0 aliphatic rings. The molecule has 1 aromatic carbocycles. The van der Waals surface area contributed by atoms with Gasteiger partial charge < -0.3 is 9.47 Å². The number of aryl methyl sites for hydroxylation is 2. The van der Waals surface area contributed by atoms with Crippen LogP contribution in [0.15, 0.2) is 18.2 Å². The van der Waals surface area contributed by atoms with Crippen LogP contribution >= 0.6 is 34.5 Å². The van der Waals surface area contributed by atoms with Crippen molar-refractivity contribution in [3.05, 3.63) is 43.8 Å². The normalized spacial score (nSPS) is 10.6. The van der Waals surface area contributed by atoms with E-state index in [0.29, 0.717) is 28.8 Å². The fourth-order valence-electron chi connectivity index (χ4n) is 1.92. The molecule has 0 bridgehead atoms. The van der Waals surface area contributed by atoms with Crippen molar-refractivity contribution in [2.75, 3.05) is 6.61 Å². The molecule has 7 heteroatoms. The molecule has 23 heavy (non-hydrogen) atoms. The minimum atomic E-state index is -0.253. The first-order valence-electron chi connectivity index (χ1n) is 7.12. The van der Waals surface area contributed by atoms with Crippen molar-refractivity contribution in [1.29, 1.82) is 0 Å². The van der Waals surface area contributed by atoms with Gasteiger partial charge in [-0.3, -0.25) is 4.79 Å². The average molecular weight is 374 g/mol. The van der Waals surface area contributed by atoms with E-state index in [0.717, 1.165) is 15.6 Å². The van der Waals surface area contributed by atoms with Crippen molar-refractivity contribution in [2.45, 2.75) is 33.3 Å². The van der Waals surface area contributed by atoms with E-state index in [1.807, 2.05) is 13.8 Å². The van der Waals surface area contributed by atoms with Crippen molar-refractivity contribution in [3.8, 4) is 5.75 Å². The summed E-state index contributed by atoms with van der Waals surface area (Å²) in [4.78, 5) is 17.0. The smallest absolute Gasteiger partial charge is 0.306 e. The van der Waals surface area contributed by atoms with Gasteiger partial charge in [0.1, 0.15) is 17.4 Å². The highest BCUT2D eigenvalue weighted by atomic mass is 35.5. The Morgan fingerprint density at radius 3 is 2.78 bits per heavy atom. The zero-order valence-electron chi connectivity index (χ0n) is 12.9. The van der Waals surface area contributed by atoms with Gasteiger partial charge in [-0.25, -0.2) is 4.98 Å². The van der Waals surface area contributed by atoms with Crippen molar-refractivity contribution < 1.29 is 14.3 Å². The molecule has 0 saturated carbocycles. The molecule has 0 N–H and O–H groups in total. The van der Waals surface area contributed by atoms with Crippen molar-refractivity contribution in [3.63, 3.8) is 0 Å². The number of aromatic nitrogens is 1. The van der Waals surface area contributed by atoms with Crippen LogP contribution in [0.1, 0.15) is 28.4 Å². The third-order valence-corrected chi connectivity index (χ3v) is 4.91. The third kappa shape index (κ3) is 5.37. The molecule has 0 unspecified atom stereocenters. The molecular weight excluding hydrogens is 357 g/mol. The molecular formula is C16H17Cl2NO3S. The number of thiazole rings is 1. The predicted octanol–water partition coefficient (Wildman–Crippen LogP) is 4.97. The van der Waals surface area contributed by atoms with Crippen LogP contribution in [0.2, 0.25) is 10.0 Å². The van der Waals surface area contributed by atoms with Gasteiger partial charge in [-0.1, -0.05) is 29.3 Å². The highest BCUT2D eigenvalue weighted by Crippen LogP contribution is 2.31. The van der Waals surface area contributed by atoms with E-state index in [9.17, 15) is 4.79 Å². The lowest BCUT2D eigenvalue weighted by atomic mass is 10.3. The number of benzene rings is 1. The van der Waals surface area contributed by atoms with E-state index in [1.54, 1.807) is 29.5 Å². The number of carbonyl (C=O) groups is 1. The number of rotatable bonds is 7. The highest BCUT2D eigenvalue weighted by Gasteiger charge is 2.09. The van der Waals surface area contributed by atoms with Gasteiger partial charge >= 0.3 is 5.97 Å². The molecule has 2 aromatic rings. The Balaban J connectivity index is 1.69. The number of esters is 1. The van der Waals surface area contributed by atoms with Gasteiger partial charge in [0.05, 0.1) is 27.2 Å². The third-order valence-electron chi connectivity index (χ3n) is 3.06. The fraction of sp³-hybridized carbons (Fsp3) is 0.375. The molecule has 1 heterocycles. The first-order chi connectivity index (χ1) is 11.0. The Morgan fingerprint density at radius 1 is 1.30 bits per heavy atom.